The quantitative estimate of drug-likeness (QED) is 0.511. The van der Waals surface area contributed by atoms with Crippen LogP contribution in [0, 0.1) is 0 Å². The van der Waals surface area contributed by atoms with Crippen LogP contribution in [-0.2, 0) is 0 Å². The molecular formula is C13H18P+. The Morgan fingerprint density at radius 1 is 1.07 bits per heavy atom. The molecule has 0 bridgehead atoms. The molecule has 0 atom stereocenters. The van der Waals surface area contributed by atoms with E-state index in [2.05, 4.69) is 50.2 Å². The summed E-state index contributed by atoms with van der Waals surface area (Å²) in [5, 5.41) is 1.47. The molecule has 0 saturated carbocycles. The molecule has 0 spiro atoms. The monoisotopic (exact) mass is 205 g/mol. The number of benzene rings is 1. The summed E-state index contributed by atoms with van der Waals surface area (Å²) in [6, 6.07) is 10.7. The fourth-order valence-corrected chi connectivity index (χ4v) is 4.25. The SMILES string of the molecule is C=CC[P+](C)(CC=C)c1ccccc1. The zero-order valence-corrected chi connectivity index (χ0v) is 9.71. The number of hydrogen-bond donors (Lipinski definition) is 0. The molecule has 0 aliphatic carbocycles. The standard InChI is InChI=1S/C13H18P/c1-4-11-14(3,12-5-2)13-9-7-6-8-10-13/h4-10H,1-2,11-12H2,3H3/q+1. The zero-order chi connectivity index (χ0) is 10.4. The molecule has 1 aromatic rings. The van der Waals surface area contributed by atoms with Gasteiger partial charge in [-0.25, -0.2) is 0 Å². The largest absolute Gasteiger partial charge is 0.0995 e. The summed E-state index contributed by atoms with van der Waals surface area (Å²) in [4.78, 5) is 0. The average molecular weight is 205 g/mol. The Morgan fingerprint density at radius 3 is 2.00 bits per heavy atom. The van der Waals surface area contributed by atoms with Gasteiger partial charge in [0.05, 0.1) is 31.6 Å². The Labute approximate surface area is 87.7 Å². The van der Waals surface area contributed by atoms with Crippen LogP contribution in [0.15, 0.2) is 55.6 Å². The van der Waals surface area contributed by atoms with E-state index in [1.54, 1.807) is 0 Å². The number of rotatable bonds is 5. The predicted octanol–water partition coefficient (Wildman–Crippen LogP) is 3.33. The molecule has 0 unspecified atom stereocenters. The van der Waals surface area contributed by atoms with Gasteiger partial charge in [-0.05, 0) is 12.1 Å². The maximum absolute atomic E-state index is 3.85. The highest BCUT2D eigenvalue weighted by molar-refractivity contribution is 7.82. The van der Waals surface area contributed by atoms with Crippen LogP contribution in [0.1, 0.15) is 0 Å². The number of allylic oxidation sites excluding steroid dienone is 2. The van der Waals surface area contributed by atoms with E-state index in [4.69, 9.17) is 0 Å². The molecule has 0 radical (unpaired) electrons. The van der Waals surface area contributed by atoms with Gasteiger partial charge in [0.15, 0.2) is 0 Å². The van der Waals surface area contributed by atoms with Crippen LogP contribution in [0.3, 0.4) is 0 Å². The Morgan fingerprint density at radius 2 is 1.57 bits per heavy atom. The molecule has 74 valence electrons. The molecule has 14 heavy (non-hydrogen) atoms. The molecule has 0 aromatic heterocycles. The predicted molar refractivity (Wildman–Crippen MR) is 69.0 cm³/mol. The van der Waals surface area contributed by atoms with E-state index in [0.717, 1.165) is 12.3 Å². The molecule has 0 amide bonds. The minimum Gasteiger partial charge on any atom is -0.0995 e. The highest BCUT2D eigenvalue weighted by Gasteiger charge is 2.30. The fourth-order valence-electron chi connectivity index (χ4n) is 1.64. The lowest BCUT2D eigenvalue weighted by molar-refractivity contribution is 1.60. The first-order valence-electron chi connectivity index (χ1n) is 4.85. The summed E-state index contributed by atoms with van der Waals surface area (Å²) in [5.41, 5.74) is 0. The van der Waals surface area contributed by atoms with Crippen molar-refractivity contribution >= 4 is 12.6 Å². The molecule has 1 heteroatoms. The zero-order valence-electron chi connectivity index (χ0n) is 8.82. The Balaban J connectivity index is 2.98. The lowest BCUT2D eigenvalue weighted by Crippen LogP contribution is -2.14. The van der Waals surface area contributed by atoms with E-state index in [1.165, 1.54) is 5.30 Å². The molecule has 0 nitrogen and oxygen atoms in total. The van der Waals surface area contributed by atoms with Crippen LogP contribution in [0.4, 0.5) is 0 Å². The normalized spacial score (nSPS) is 10.9. The second kappa shape index (κ2) is 5.12. The van der Waals surface area contributed by atoms with Crippen LogP contribution in [0.25, 0.3) is 0 Å². The van der Waals surface area contributed by atoms with Gasteiger partial charge in [0.25, 0.3) is 0 Å². The van der Waals surface area contributed by atoms with E-state index >= 15 is 0 Å². The van der Waals surface area contributed by atoms with E-state index < -0.39 is 7.26 Å². The molecule has 0 fully saturated rings. The van der Waals surface area contributed by atoms with Gasteiger partial charge < -0.3 is 0 Å². The maximum atomic E-state index is 3.85. The van der Waals surface area contributed by atoms with Crippen LogP contribution < -0.4 is 5.30 Å². The summed E-state index contributed by atoms with van der Waals surface area (Å²) >= 11 is 0. The molecule has 0 heterocycles. The number of hydrogen-bond acceptors (Lipinski definition) is 0. The Kier molecular flexibility index (Phi) is 4.10. The minimum atomic E-state index is -1.06. The Hall–Kier alpha value is -0.870. The van der Waals surface area contributed by atoms with Gasteiger partial charge in [0.2, 0.25) is 0 Å². The smallest absolute Gasteiger partial charge is 0.0943 e. The highest BCUT2D eigenvalue weighted by Crippen LogP contribution is 2.53. The lowest BCUT2D eigenvalue weighted by Gasteiger charge is -2.19. The van der Waals surface area contributed by atoms with Crippen LogP contribution >= 0.6 is 7.26 Å². The van der Waals surface area contributed by atoms with Crippen molar-refractivity contribution in [1.82, 2.24) is 0 Å². The Bertz CT molecular complexity index is 290. The van der Waals surface area contributed by atoms with Crippen LogP contribution in [0.5, 0.6) is 0 Å². The molecular weight excluding hydrogens is 187 g/mol. The van der Waals surface area contributed by atoms with Crippen molar-refractivity contribution in [3.05, 3.63) is 55.6 Å². The first-order valence-corrected chi connectivity index (χ1v) is 7.45. The van der Waals surface area contributed by atoms with E-state index in [-0.39, 0.29) is 0 Å². The average Bonchev–Trinajstić information content (AvgIpc) is 2.20. The van der Waals surface area contributed by atoms with Crippen LogP contribution in [0.2, 0.25) is 0 Å². The maximum Gasteiger partial charge on any atom is 0.0943 e. The summed E-state index contributed by atoms with van der Waals surface area (Å²) in [6.07, 6.45) is 6.26. The van der Waals surface area contributed by atoms with Crippen molar-refractivity contribution in [3.63, 3.8) is 0 Å². The van der Waals surface area contributed by atoms with Crippen molar-refractivity contribution in [1.29, 1.82) is 0 Å². The van der Waals surface area contributed by atoms with E-state index in [1.807, 2.05) is 12.2 Å². The summed E-state index contributed by atoms with van der Waals surface area (Å²) in [7, 11) is -1.06. The van der Waals surface area contributed by atoms with E-state index in [9.17, 15) is 0 Å². The lowest BCUT2D eigenvalue weighted by atomic mass is 10.4. The molecule has 0 N–H and O–H groups in total. The molecule has 1 rings (SSSR count). The second-order valence-electron chi connectivity index (χ2n) is 3.67. The van der Waals surface area contributed by atoms with Crippen molar-refractivity contribution in [2.75, 3.05) is 19.0 Å². The van der Waals surface area contributed by atoms with E-state index in [0.29, 0.717) is 0 Å². The highest BCUT2D eigenvalue weighted by atomic mass is 31.2. The molecule has 0 aliphatic rings. The summed E-state index contributed by atoms with van der Waals surface area (Å²) in [5.74, 6) is 0. The van der Waals surface area contributed by atoms with Gasteiger partial charge in [-0.3, -0.25) is 0 Å². The van der Waals surface area contributed by atoms with Crippen molar-refractivity contribution < 1.29 is 0 Å². The second-order valence-corrected chi connectivity index (χ2v) is 7.71. The van der Waals surface area contributed by atoms with Crippen molar-refractivity contribution in [2.24, 2.45) is 0 Å². The first-order chi connectivity index (χ1) is 6.73. The minimum absolute atomic E-state index is 1.06. The van der Waals surface area contributed by atoms with Crippen molar-refractivity contribution in [3.8, 4) is 0 Å². The van der Waals surface area contributed by atoms with Crippen LogP contribution in [-0.4, -0.2) is 19.0 Å². The third-order valence-corrected chi connectivity index (χ3v) is 6.12. The van der Waals surface area contributed by atoms with Gasteiger partial charge in [-0.1, -0.05) is 43.5 Å². The van der Waals surface area contributed by atoms with Gasteiger partial charge in [-0.2, -0.15) is 0 Å². The third-order valence-electron chi connectivity index (χ3n) is 2.44. The summed E-state index contributed by atoms with van der Waals surface area (Å²) < 4.78 is 0. The van der Waals surface area contributed by atoms with Gasteiger partial charge in [0, 0.05) is 0 Å². The van der Waals surface area contributed by atoms with Gasteiger partial charge >= 0.3 is 0 Å². The fraction of sp³-hybridized carbons (Fsp3) is 0.231. The molecule has 1 aromatic carbocycles. The first kappa shape index (κ1) is 11.2. The molecule has 0 aliphatic heterocycles. The topological polar surface area (TPSA) is 0 Å². The molecule has 0 saturated heterocycles. The third kappa shape index (κ3) is 2.56. The van der Waals surface area contributed by atoms with Gasteiger partial charge in [0.1, 0.15) is 0 Å². The summed E-state index contributed by atoms with van der Waals surface area (Å²) in [6.45, 7) is 10.1. The van der Waals surface area contributed by atoms with Gasteiger partial charge in [-0.15, -0.1) is 0 Å². The van der Waals surface area contributed by atoms with Crippen molar-refractivity contribution in [2.45, 2.75) is 0 Å².